The van der Waals surface area contributed by atoms with Crippen LogP contribution in [0, 0.1) is 11.8 Å². The Bertz CT molecular complexity index is 1900. The smallest absolute Gasteiger partial charge is 0.166 e. The van der Waals surface area contributed by atoms with Gasteiger partial charge in [0.1, 0.15) is 0 Å². The fraction of sp³-hybridized carbons (Fsp3) is 0.481. The van der Waals surface area contributed by atoms with Crippen LogP contribution in [0.2, 0.25) is 0 Å². The zero-order valence-electron chi connectivity index (χ0n) is 41.4. The lowest BCUT2D eigenvalue weighted by molar-refractivity contribution is 0.438. The molecule has 0 spiro atoms. The number of thiocarbonyl (C=S) groups is 4. The summed E-state index contributed by atoms with van der Waals surface area (Å²) in [6.07, 6.45) is 17.3. The molecule has 0 saturated carbocycles. The van der Waals surface area contributed by atoms with Gasteiger partial charge in [0.15, 0.2) is 20.4 Å². The van der Waals surface area contributed by atoms with Crippen molar-refractivity contribution in [2.75, 3.05) is 26.2 Å². The third kappa shape index (κ3) is 23.6. The van der Waals surface area contributed by atoms with E-state index < -0.39 is 0 Å². The van der Waals surface area contributed by atoms with E-state index in [1.54, 1.807) is 0 Å². The maximum Gasteiger partial charge on any atom is 0.166 e. The zero-order chi connectivity index (χ0) is 49.4. The molecule has 16 heteroatoms. The second kappa shape index (κ2) is 33.4. The van der Waals surface area contributed by atoms with Gasteiger partial charge in [-0.15, -0.1) is 0 Å². The summed E-state index contributed by atoms with van der Waals surface area (Å²) in [6, 6.07) is 32.2. The summed E-state index contributed by atoms with van der Waals surface area (Å²) in [5.41, 5.74) is 7.53. The predicted octanol–water partition coefficient (Wildman–Crippen LogP) is 12.8. The van der Waals surface area contributed by atoms with E-state index in [0.29, 0.717) is 58.5 Å². The van der Waals surface area contributed by atoms with E-state index in [9.17, 15) is 0 Å². The lowest BCUT2D eigenvalue weighted by Crippen LogP contribution is -2.42. The van der Waals surface area contributed by atoms with Crippen molar-refractivity contribution in [1.29, 1.82) is 0 Å². The molecule has 0 fully saturated rings. The number of hydrogen-bond acceptors (Lipinski definition) is 8. The van der Waals surface area contributed by atoms with Crippen LogP contribution in [0.3, 0.4) is 0 Å². The molecule has 70 heavy (non-hydrogen) atoms. The molecule has 0 radical (unpaired) electrons. The van der Waals surface area contributed by atoms with Crippen LogP contribution in [-0.4, -0.2) is 46.6 Å². The first kappa shape index (κ1) is 55.8. The molecular weight excluding hydrogens is 945 g/mol. The molecule has 4 aromatic rings. The number of nitrogens with one attached hydrogen (secondary N) is 8. The highest BCUT2D eigenvalue weighted by atomic mass is 32.1. The van der Waals surface area contributed by atoms with Crippen LogP contribution < -0.4 is 42.5 Å². The average Bonchev–Trinajstić information content (AvgIpc) is 3.38. The van der Waals surface area contributed by atoms with Crippen molar-refractivity contribution < 1.29 is 0 Å². The van der Waals surface area contributed by atoms with Crippen LogP contribution in [0.5, 0.6) is 0 Å². The van der Waals surface area contributed by atoms with Gasteiger partial charge in [0.2, 0.25) is 0 Å². The third-order valence-corrected chi connectivity index (χ3v) is 13.4. The third-order valence-electron chi connectivity index (χ3n) is 12.3. The van der Waals surface area contributed by atoms with E-state index in [2.05, 4.69) is 76.8 Å². The molecule has 0 atom stereocenters. The molecule has 7 aliphatic heterocycles. The fourth-order valence-electron chi connectivity index (χ4n) is 7.86. The summed E-state index contributed by atoms with van der Waals surface area (Å²) in [5.74, 6) is 0.710. The average molecular weight is 1020 g/mol. The lowest BCUT2D eigenvalue weighted by Gasteiger charge is -2.21. The highest BCUT2D eigenvalue weighted by Gasteiger charge is 2.13. The van der Waals surface area contributed by atoms with Gasteiger partial charge in [0, 0.05) is 52.4 Å². The summed E-state index contributed by atoms with van der Waals surface area (Å²) >= 11 is 22.9. The number of unbranched alkanes of at least 4 members (excludes halogenated alkanes) is 10. The number of azo groups is 2. The van der Waals surface area contributed by atoms with Gasteiger partial charge in [-0.05, 0) is 144 Å². The molecule has 8 bridgehead atoms. The Kier molecular flexibility index (Phi) is 26.6. The second-order valence-electron chi connectivity index (χ2n) is 18.2. The van der Waals surface area contributed by atoms with Gasteiger partial charge < -0.3 is 42.5 Å². The Hall–Kier alpha value is -5.16. The second-order valence-corrected chi connectivity index (χ2v) is 19.8. The van der Waals surface area contributed by atoms with Crippen molar-refractivity contribution in [3.05, 3.63) is 119 Å². The van der Waals surface area contributed by atoms with Crippen molar-refractivity contribution in [1.82, 2.24) is 42.5 Å². The Labute approximate surface area is 439 Å². The summed E-state index contributed by atoms with van der Waals surface area (Å²) in [5, 5.41) is 47.8. The van der Waals surface area contributed by atoms with Gasteiger partial charge in [-0.25, -0.2) is 0 Å². The van der Waals surface area contributed by atoms with Crippen molar-refractivity contribution in [3.63, 3.8) is 0 Å². The molecule has 7 heterocycles. The molecule has 12 nitrogen and oxygen atoms in total. The Balaban J connectivity index is 1.20. The van der Waals surface area contributed by atoms with Gasteiger partial charge in [0.05, 0.1) is 22.7 Å². The normalized spacial score (nSPS) is 17.1. The summed E-state index contributed by atoms with van der Waals surface area (Å²) in [4.78, 5) is 0. The van der Waals surface area contributed by atoms with E-state index in [1.165, 1.54) is 77.0 Å². The van der Waals surface area contributed by atoms with Crippen LogP contribution in [0.25, 0.3) is 0 Å². The topological polar surface area (TPSA) is 146 Å². The first-order chi connectivity index (χ1) is 34.2. The Morgan fingerprint density at radius 1 is 0.329 bits per heavy atom. The number of hydrogen-bond donors (Lipinski definition) is 8. The summed E-state index contributed by atoms with van der Waals surface area (Å²) in [7, 11) is 0. The van der Waals surface area contributed by atoms with E-state index in [0.717, 1.165) is 84.0 Å². The van der Waals surface area contributed by atoms with Gasteiger partial charge in [0.25, 0.3) is 0 Å². The van der Waals surface area contributed by atoms with Crippen LogP contribution in [0.15, 0.2) is 118 Å². The largest absolute Gasteiger partial charge is 0.362 e. The highest BCUT2D eigenvalue weighted by molar-refractivity contribution is 7.80. The van der Waals surface area contributed by atoms with Crippen LogP contribution in [-0.2, 0) is 26.2 Å². The van der Waals surface area contributed by atoms with E-state index >= 15 is 0 Å². The van der Waals surface area contributed by atoms with Crippen LogP contribution >= 0.6 is 48.9 Å². The van der Waals surface area contributed by atoms with Gasteiger partial charge in [-0.2, -0.15) is 20.5 Å². The quantitative estimate of drug-likeness (QED) is 0.0450. The molecule has 376 valence electrons. The van der Waals surface area contributed by atoms with Crippen molar-refractivity contribution in [2.45, 2.75) is 130 Å². The summed E-state index contributed by atoms with van der Waals surface area (Å²) in [6.45, 7) is 9.93. The van der Waals surface area contributed by atoms with E-state index in [-0.39, 0.29) is 0 Å². The van der Waals surface area contributed by atoms with Gasteiger partial charge in [-0.1, -0.05) is 139 Å². The minimum absolute atomic E-state index is 0.355. The molecule has 11 rings (SSSR count). The standard InChI is InChI=1S/C54H76N12S4/c1-3-5-7-9-11-13-15-45-37-59-51(67)55-33-41-17-25-47(26-18-41)63-65-49-29-21-43(22-30-49)35-57-53(69)61-39-46(16-14-12-10-8-6-4-2)40-62-54(70)58-36-44-23-31-50(32-24-44)66-64-48-27-19-42(20-28-48)34-56-52(68)60-38-45/h17-32,45-46H,3-16,33-40H2,1-2H3,(H2,55,59,67)(H2,56,60,68)(H2,57,61,69)(H2,58,62,70). The fourth-order valence-corrected chi connectivity index (χ4v) is 8.48. The minimum Gasteiger partial charge on any atom is -0.362 e. The van der Waals surface area contributed by atoms with E-state index in [1.807, 2.05) is 97.1 Å². The molecule has 0 unspecified atom stereocenters. The molecule has 0 aromatic heterocycles. The number of nitrogens with zero attached hydrogens (tertiary/aromatic N) is 4. The Morgan fingerprint density at radius 3 is 0.800 bits per heavy atom. The zero-order valence-corrected chi connectivity index (χ0v) is 44.6. The highest BCUT2D eigenvalue weighted by Crippen LogP contribution is 2.22. The van der Waals surface area contributed by atoms with Crippen molar-refractivity contribution in [3.8, 4) is 0 Å². The molecule has 8 N–H and O–H groups in total. The van der Waals surface area contributed by atoms with Gasteiger partial charge >= 0.3 is 0 Å². The minimum atomic E-state index is 0.355. The van der Waals surface area contributed by atoms with E-state index in [4.69, 9.17) is 48.9 Å². The predicted molar refractivity (Wildman–Crippen MR) is 307 cm³/mol. The first-order valence-corrected chi connectivity index (χ1v) is 27.1. The molecule has 7 aliphatic rings. The lowest BCUT2D eigenvalue weighted by atomic mass is 10.00. The van der Waals surface area contributed by atoms with Gasteiger partial charge in [-0.3, -0.25) is 0 Å². The molecular formula is C54H76N12S4. The van der Waals surface area contributed by atoms with Crippen molar-refractivity contribution >= 4 is 92.1 Å². The molecule has 0 amide bonds. The summed E-state index contributed by atoms with van der Waals surface area (Å²) < 4.78 is 0. The monoisotopic (exact) mass is 1020 g/mol. The first-order valence-electron chi connectivity index (χ1n) is 25.5. The molecule has 0 aliphatic carbocycles. The SMILES string of the molecule is CCCCCCCCC1CNC(=S)NCc2ccc(cc2)N=Nc2ccc(cc2)CNC(=S)NCC(CCCCCCCC)CNC(=S)NCc2ccc(cc2)N=Nc2ccc(cc2)CNC(=S)NC1. The maximum absolute atomic E-state index is 5.72. The molecule has 4 aromatic carbocycles. The number of benzene rings is 4. The maximum atomic E-state index is 5.72. The van der Waals surface area contributed by atoms with Crippen LogP contribution in [0.1, 0.15) is 126 Å². The van der Waals surface area contributed by atoms with Crippen molar-refractivity contribution in [2.24, 2.45) is 32.3 Å². The number of rotatable bonds is 14. The molecule has 0 saturated heterocycles. The van der Waals surface area contributed by atoms with Crippen LogP contribution in [0.4, 0.5) is 22.7 Å². The Morgan fingerprint density at radius 2 is 0.557 bits per heavy atom.